The lowest BCUT2D eigenvalue weighted by Gasteiger charge is -2.05. The highest BCUT2D eigenvalue weighted by Gasteiger charge is 2.04. The van der Waals surface area contributed by atoms with Gasteiger partial charge in [-0.2, -0.15) is 0 Å². The molecule has 0 saturated heterocycles. The third-order valence-electron chi connectivity index (χ3n) is 4.81. The van der Waals surface area contributed by atoms with Gasteiger partial charge in [-0.1, -0.05) is 103 Å². The van der Waals surface area contributed by atoms with Crippen molar-refractivity contribution in [2.45, 2.75) is 124 Å². The van der Waals surface area contributed by atoms with Gasteiger partial charge in [0.15, 0.2) is 0 Å². The van der Waals surface area contributed by atoms with Crippen LogP contribution in [0.2, 0.25) is 0 Å². The van der Waals surface area contributed by atoms with Gasteiger partial charge < -0.3 is 4.74 Å². The third-order valence-corrected chi connectivity index (χ3v) is 4.81. The predicted octanol–water partition coefficient (Wildman–Crippen LogP) is 7.76. The van der Waals surface area contributed by atoms with Crippen molar-refractivity contribution >= 4 is 5.97 Å². The van der Waals surface area contributed by atoms with E-state index >= 15 is 0 Å². The van der Waals surface area contributed by atoms with Gasteiger partial charge in [0.2, 0.25) is 0 Å². The Kier molecular flexibility index (Phi) is 18.9. The maximum Gasteiger partial charge on any atom is 0.333 e. The van der Waals surface area contributed by atoms with E-state index in [0.29, 0.717) is 6.61 Å². The highest BCUT2D eigenvalue weighted by Crippen LogP contribution is 2.12. The predicted molar refractivity (Wildman–Crippen MR) is 110 cm³/mol. The molecule has 0 aliphatic rings. The summed E-state index contributed by atoms with van der Waals surface area (Å²) < 4.78 is 5.30. The van der Waals surface area contributed by atoms with Gasteiger partial charge in [0.1, 0.15) is 0 Å². The van der Waals surface area contributed by atoms with Crippen LogP contribution < -0.4 is 0 Å². The third kappa shape index (κ3) is 17.8. The van der Waals surface area contributed by atoms with E-state index in [9.17, 15) is 4.79 Å². The van der Waals surface area contributed by atoms with Gasteiger partial charge in [-0.3, -0.25) is 0 Å². The standard InChI is InChI=1S/C23H44O2/c1-4-6-8-10-11-12-13-14-15-16-17-18-20-22(3)23(24)25-21-19-9-7-5-2/h20H,4-19,21H2,1-3H3. The zero-order valence-electron chi connectivity index (χ0n) is 17.4. The maximum absolute atomic E-state index is 11.8. The monoisotopic (exact) mass is 352 g/mol. The number of esters is 1. The Morgan fingerprint density at radius 3 is 1.64 bits per heavy atom. The van der Waals surface area contributed by atoms with Crippen molar-refractivity contribution in [3.8, 4) is 0 Å². The fourth-order valence-electron chi connectivity index (χ4n) is 3.02. The zero-order chi connectivity index (χ0) is 18.6. The number of ether oxygens (including phenoxy) is 1. The quantitative estimate of drug-likeness (QED) is 0.143. The van der Waals surface area contributed by atoms with Crippen LogP contribution in [-0.2, 0) is 9.53 Å². The molecule has 0 unspecified atom stereocenters. The van der Waals surface area contributed by atoms with Crippen LogP contribution in [0, 0.1) is 0 Å². The van der Waals surface area contributed by atoms with Gasteiger partial charge in [-0.15, -0.1) is 0 Å². The van der Waals surface area contributed by atoms with Crippen LogP contribution in [0.4, 0.5) is 0 Å². The normalized spacial score (nSPS) is 11.7. The molecule has 0 aromatic rings. The Bertz CT molecular complexity index is 320. The topological polar surface area (TPSA) is 26.3 Å². The average Bonchev–Trinajstić information content (AvgIpc) is 2.62. The first-order chi connectivity index (χ1) is 12.2. The lowest BCUT2D eigenvalue weighted by Crippen LogP contribution is -2.07. The first-order valence-electron chi connectivity index (χ1n) is 11.1. The Morgan fingerprint density at radius 1 is 0.680 bits per heavy atom. The van der Waals surface area contributed by atoms with E-state index in [4.69, 9.17) is 4.74 Å². The molecule has 25 heavy (non-hydrogen) atoms. The highest BCUT2D eigenvalue weighted by atomic mass is 16.5. The molecule has 2 nitrogen and oxygen atoms in total. The lowest BCUT2D eigenvalue weighted by molar-refractivity contribution is -0.139. The first kappa shape index (κ1) is 24.2. The molecule has 2 heteroatoms. The fraction of sp³-hybridized carbons (Fsp3) is 0.870. The van der Waals surface area contributed by atoms with Gasteiger partial charge in [-0.05, 0) is 26.2 Å². The second kappa shape index (κ2) is 19.5. The molecule has 0 atom stereocenters. The molecule has 0 aliphatic carbocycles. The molecule has 0 heterocycles. The van der Waals surface area contributed by atoms with Gasteiger partial charge in [0.25, 0.3) is 0 Å². The van der Waals surface area contributed by atoms with Crippen LogP contribution >= 0.6 is 0 Å². The number of hydrogen-bond acceptors (Lipinski definition) is 2. The SMILES string of the molecule is CCCCCCCCCCCCCC=C(C)C(=O)OCCCCCC. The minimum atomic E-state index is -0.125. The summed E-state index contributed by atoms with van der Waals surface area (Å²) in [7, 11) is 0. The molecule has 0 rings (SSSR count). The van der Waals surface area contributed by atoms with Crippen LogP contribution in [0.15, 0.2) is 11.6 Å². The van der Waals surface area contributed by atoms with Gasteiger partial charge in [0.05, 0.1) is 6.61 Å². The van der Waals surface area contributed by atoms with Crippen molar-refractivity contribution in [2.24, 2.45) is 0 Å². The molecule has 0 fully saturated rings. The van der Waals surface area contributed by atoms with Gasteiger partial charge >= 0.3 is 5.97 Å². The van der Waals surface area contributed by atoms with Crippen molar-refractivity contribution in [3.05, 3.63) is 11.6 Å². The van der Waals surface area contributed by atoms with Crippen LogP contribution in [0.25, 0.3) is 0 Å². The van der Waals surface area contributed by atoms with Crippen molar-refractivity contribution in [2.75, 3.05) is 6.61 Å². The van der Waals surface area contributed by atoms with Gasteiger partial charge in [-0.25, -0.2) is 4.79 Å². The molecule has 0 aliphatic heterocycles. The van der Waals surface area contributed by atoms with E-state index in [2.05, 4.69) is 19.9 Å². The maximum atomic E-state index is 11.8. The molecule has 0 bridgehead atoms. The number of unbranched alkanes of at least 4 members (excludes halogenated alkanes) is 14. The van der Waals surface area contributed by atoms with E-state index < -0.39 is 0 Å². The molecule has 0 aromatic carbocycles. The Morgan fingerprint density at radius 2 is 1.12 bits per heavy atom. The van der Waals surface area contributed by atoms with Crippen LogP contribution in [0.3, 0.4) is 0 Å². The van der Waals surface area contributed by atoms with E-state index in [-0.39, 0.29) is 5.97 Å². The summed E-state index contributed by atoms with van der Waals surface area (Å²) in [5.74, 6) is -0.125. The molecular formula is C23H44O2. The largest absolute Gasteiger partial charge is 0.462 e. The number of carbonyl (C=O) groups excluding carboxylic acids is 1. The van der Waals surface area contributed by atoms with E-state index in [1.807, 2.05) is 6.92 Å². The minimum Gasteiger partial charge on any atom is -0.462 e. The summed E-state index contributed by atoms with van der Waals surface area (Å²) in [5, 5.41) is 0. The molecule has 0 spiro atoms. The highest BCUT2D eigenvalue weighted by molar-refractivity contribution is 5.87. The van der Waals surface area contributed by atoms with Crippen LogP contribution in [-0.4, -0.2) is 12.6 Å². The van der Waals surface area contributed by atoms with Crippen LogP contribution in [0.1, 0.15) is 124 Å². The van der Waals surface area contributed by atoms with E-state index in [1.54, 1.807) is 0 Å². The summed E-state index contributed by atoms with van der Waals surface area (Å²) in [5.41, 5.74) is 0.780. The van der Waals surface area contributed by atoms with E-state index in [1.165, 1.54) is 83.5 Å². The summed E-state index contributed by atoms with van der Waals surface area (Å²) in [4.78, 5) is 11.8. The molecule has 148 valence electrons. The number of hydrogen-bond donors (Lipinski definition) is 0. The minimum absolute atomic E-state index is 0.125. The summed E-state index contributed by atoms with van der Waals surface area (Å²) >= 11 is 0. The Hall–Kier alpha value is -0.790. The Balaban J connectivity index is 3.40. The zero-order valence-corrected chi connectivity index (χ0v) is 17.4. The number of allylic oxidation sites excluding steroid dienone is 1. The van der Waals surface area contributed by atoms with Crippen molar-refractivity contribution in [1.82, 2.24) is 0 Å². The Labute approximate surface area is 157 Å². The molecule has 0 amide bonds. The van der Waals surface area contributed by atoms with E-state index in [0.717, 1.165) is 24.8 Å². The van der Waals surface area contributed by atoms with Crippen molar-refractivity contribution in [1.29, 1.82) is 0 Å². The van der Waals surface area contributed by atoms with Crippen molar-refractivity contribution < 1.29 is 9.53 Å². The smallest absolute Gasteiger partial charge is 0.333 e. The molecule has 0 saturated carbocycles. The second-order valence-corrected chi connectivity index (χ2v) is 7.41. The number of carbonyl (C=O) groups is 1. The molecule has 0 aromatic heterocycles. The number of rotatable bonds is 18. The lowest BCUT2D eigenvalue weighted by atomic mass is 10.0. The van der Waals surface area contributed by atoms with Crippen molar-refractivity contribution in [3.63, 3.8) is 0 Å². The molecule has 0 radical (unpaired) electrons. The first-order valence-corrected chi connectivity index (χ1v) is 11.1. The average molecular weight is 353 g/mol. The summed E-state index contributed by atoms with van der Waals surface area (Å²) in [6.07, 6.45) is 22.6. The summed E-state index contributed by atoms with van der Waals surface area (Å²) in [6.45, 7) is 6.91. The summed E-state index contributed by atoms with van der Waals surface area (Å²) in [6, 6.07) is 0. The fourth-order valence-corrected chi connectivity index (χ4v) is 3.02. The molecule has 0 N–H and O–H groups in total. The van der Waals surface area contributed by atoms with Gasteiger partial charge in [0, 0.05) is 5.57 Å². The second-order valence-electron chi connectivity index (χ2n) is 7.41. The molecular weight excluding hydrogens is 308 g/mol. The van der Waals surface area contributed by atoms with Crippen LogP contribution in [0.5, 0.6) is 0 Å².